The molecule has 0 unspecified atom stereocenters. The first kappa shape index (κ1) is 33.1. The van der Waals surface area contributed by atoms with E-state index in [4.69, 9.17) is 4.74 Å². The van der Waals surface area contributed by atoms with E-state index < -0.39 is 27.0 Å². The molecule has 2 N–H and O–H groups in total. The minimum Gasteiger partial charge on any atom is -0.490 e. The van der Waals surface area contributed by atoms with Crippen LogP contribution < -0.4 is 14.8 Å². The summed E-state index contributed by atoms with van der Waals surface area (Å²) in [7, 11) is -3.77. The fourth-order valence-electron chi connectivity index (χ4n) is 8.08. The molecule has 1 saturated heterocycles. The van der Waals surface area contributed by atoms with Gasteiger partial charge in [0, 0.05) is 30.5 Å². The third kappa shape index (κ3) is 6.61. The van der Waals surface area contributed by atoms with Crippen molar-refractivity contribution in [3.05, 3.63) is 53.3 Å². The van der Waals surface area contributed by atoms with Gasteiger partial charge in [-0.25, -0.2) is 17.2 Å². The molecular weight excluding hydrogens is 610 g/mol. The molecule has 1 heterocycles. The van der Waals surface area contributed by atoms with E-state index in [1.807, 2.05) is 12.1 Å². The Labute approximate surface area is 271 Å². The number of Topliss-reactive ketones (excluding diaryl/α,β-unsaturated/α-hetero) is 1. The van der Waals surface area contributed by atoms with Crippen molar-refractivity contribution in [2.45, 2.75) is 120 Å². The second-order valence-corrected chi connectivity index (χ2v) is 16.6. The summed E-state index contributed by atoms with van der Waals surface area (Å²) in [6.45, 7) is 3.40. The van der Waals surface area contributed by atoms with Crippen LogP contribution in [0.1, 0.15) is 108 Å². The van der Waals surface area contributed by atoms with Crippen LogP contribution in [0.15, 0.2) is 36.4 Å². The molecule has 4 fully saturated rings. The van der Waals surface area contributed by atoms with Gasteiger partial charge >= 0.3 is 0 Å². The number of hydrogen-bond donors (Lipinski definition) is 2. The number of nitrogens with one attached hydrogen (secondary N) is 2. The van der Waals surface area contributed by atoms with Crippen LogP contribution in [0.4, 0.5) is 8.78 Å². The summed E-state index contributed by atoms with van der Waals surface area (Å²) in [5.74, 6) is -0.620. The third-order valence-electron chi connectivity index (χ3n) is 11.1. The number of halogens is 2. The fourth-order valence-corrected chi connectivity index (χ4v) is 8.67. The largest absolute Gasteiger partial charge is 0.490 e. The lowest BCUT2D eigenvalue weighted by Crippen LogP contribution is -2.42. The average molecular weight is 657 g/mol. The second kappa shape index (κ2) is 12.3. The summed E-state index contributed by atoms with van der Waals surface area (Å²) in [5, 5.41) is 3.35. The van der Waals surface area contributed by atoms with Gasteiger partial charge in [0.05, 0.1) is 17.8 Å². The van der Waals surface area contributed by atoms with Gasteiger partial charge in [-0.3, -0.25) is 14.3 Å². The topological polar surface area (TPSA) is 102 Å². The van der Waals surface area contributed by atoms with Crippen molar-refractivity contribution in [1.82, 2.24) is 10.0 Å². The Morgan fingerprint density at radius 3 is 2.46 bits per heavy atom. The fraction of sp³-hybridized carbons (Fsp3) is 0.611. The molecule has 46 heavy (non-hydrogen) atoms. The Morgan fingerprint density at radius 1 is 1.04 bits per heavy atom. The number of carbonyl (C=O) groups excluding carboxylic acids is 2. The van der Waals surface area contributed by atoms with Gasteiger partial charge in [0.1, 0.15) is 11.6 Å². The van der Waals surface area contributed by atoms with Gasteiger partial charge in [-0.05, 0) is 106 Å². The summed E-state index contributed by atoms with van der Waals surface area (Å²) in [6.07, 6.45) is 10.1. The molecule has 3 aliphatic carbocycles. The minimum atomic E-state index is -3.77. The highest BCUT2D eigenvalue weighted by Gasteiger charge is 2.53. The highest BCUT2D eigenvalue weighted by atomic mass is 32.2. The van der Waals surface area contributed by atoms with Gasteiger partial charge < -0.3 is 10.1 Å². The highest BCUT2D eigenvalue weighted by molar-refractivity contribution is 7.89. The summed E-state index contributed by atoms with van der Waals surface area (Å²) in [6, 6.07) is 10.3. The third-order valence-corrected chi connectivity index (χ3v) is 11.6. The second-order valence-electron chi connectivity index (χ2n) is 14.9. The molecule has 6 rings (SSSR count). The van der Waals surface area contributed by atoms with Gasteiger partial charge in [0.2, 0.25) is 15.9 Å². The Kier molecular flexibility index (Phi) is 8.85. The molecule has 7 nitrogen and oxygen atoms in total. The zero-order valence-corrected chi connectivity index (χ0v) is 27.9. The van der Waals surface area contributed by atoms with Crippen molar-refractivity contribution in [3.8, 4) is 16.9 Å². The van der Waals surface area contributed by atoms with Crippen LogP contribution in [0.3, 0.4) is 0 Å². The summed E-state index contributed by atoms with van der Waals surface area (Å²) in [5.41, 5.74) is -0.717. The molecule has 0 radical (unpaired) electrons. The Bertz CT molecular complexity index is 1620. The number of ether oxygens (including phenoxy) is 1. The lowest BCUT2D eigenvalue weighted by Gasteiger charge is -2.30. The van der Waals surface area contributed by atoms with Crippen molar-refractivity contribution in [2.75, 3.05) is 12.8 Å². The maximum Gasteiger partial charge on any atom is 0.243 e. The molecule has 2 aromatic rings. The number of hydrogen-bond acceptors (Lipinski definition) is 6. The summed E-state index contributed by atoms with van der Waals surface area (Å²) >= 11 is 0. The Balaban J connectivity index is 1.24. The van der Waals surface area contributed by atoms with Crippen LogP contribution >= 0.6 is 0 Å². The molecular formula is C36H46F2N2O5S. The van der Waals surface area contributed by atoms with Crippen LogP contribution in [0.25, 0.3) is 11.1 Å². The molecule has 1 spiro atoms. The van der Waals surface area contributed by atoms with Crippen molar-refractivity contribution in [1.29, 1.82) is 0 Å². The van der Waals surface area contributed by atoms with Crippen molar-refractivity contribution < 1.29 is 31.5 Å². The van der Waals surface area contributed by atoms with Crippen LogP contribution in [0.2, 0.25) is 0 Å². The zero-order chi connectivity index (χ0) is 32.9. The Hall–Kier alpha value is -2.85. The smallest absolute Gasteiger partial charge is 0.243 e. The number of alkyl halides is 1. The molecule has 4 aliphatic rings. The number of benzene rings is 2. The number of carbonyl (C=O) groups is 2. The van der Waals surface area contributed by atoms with E-state index in [-0.39, 0.29) is 54.5 Å². The Morgan fingerprint density at radius 2 is 1.78 bits per heavy atom. The first-order valence-corrected chi connectivity index (χ1v) is 18.7. The van der Waals surface area contributed by atoms with Crippen LogP contribution in [0, 0.1) is 11.7 Å². The average Bonchev–Trinajstić information content (AvgIpc) is 3.69. The van der Waals surface area contributed by atoms with Crippen molar-refractivity contribution in [2.24, 2.45) is 5.92 Å². The molecule has 1 amide bonds. The standard InChI is InChI=1S/C36H46F2N2O5S/c1-34(2,33(42)40-46(3,43)44)25-13-15-30(28(20-25)27-10-7-11-29(37)32(27)24-8-6-9-24)45-26-14-12-23(18-26)19-31(41)36(38)21-35(39-22-36)16-4-5-17-35/h7,10-11,13,15,20,23-24,26,39H,4-6,8-9,12,14,16-19,21-22H2,1-3H3,(H,40,42)/t23-,26-,36-/m1/s1. The number of ketones is 1. The monoisotopic (exact) mass is 656 g/mol. The van der Waals surface area contributed by atoms with E-state index in [1.54, 1.807) is 32.0 Å². The molecule has 3 saturated carbocycles. The van der Waals surface area contributed by atoms with E-state index >= 15 is 8.78 Å². The SMILES string of the molecule is CC(C)(C(=O)NS(C)(=O)=O)c1ccc(O[C@@H]2CC[C@@H](CC(=O)[C@]3(F)CNC4(CCCC4)C3)C2)c(-c2cccc(F)c2C2CCC2)c1. The minimum absolute atomic E-state index is 0.0197. The first-order valence-electron chi connectivity index (χ1n) is 16.8. The van der Waals surface area contributed by atoms with E-state index in [2.05, 4.69) is 10.0 Å². The lowest BCUT2D eigenvalue weighted by atomic mass is 9.76. The zero-order valence-electron chi connectivity index (χ0n) is 27.1. The van der Waals surface area contributed by atoms with Gasteiger partial charge in [0.25, 0.3) is 0 Å². The molecule has 250 valence electrons. The lowest BCUT2D eigenvalue weighted by molar-refractivity contribution is -0.130. The highest BCUT2D eigenvalue weighted by Crippen LogP contribution is 2.47. The number of rotatable bonds is 10. The number of amides is 1. The molecule has 1 aliphatic heterocycles. The molecule has 3 atom stereocenters. The van der Waals surface area contributed by atoms with Crippen LogP contribution in [-0.4, -0.2) is 50.2 Å². The van der Waals surface area contributed by atoms with Gasteiger partial charge in [0.15, 0.2) is 11.5 Å². The van der Waals surface area contributed by atoms with Gasteiger partial charge in [-0.15, -0.1) is 0 Å². The quantitative estimate of drug-likeness (QED) is 0.298. The van der Waals surface area contributed by atoms with Crippen molar-refractivity contribution in [3.63, 3.8) is 0 Å². The van der Waals surface area contributed by atoms with Crippen LogP contribution in [0.5, 0.6) is 5.75 Å². The summed E-state index contributed by atoms with van der Waals surface area (Å²) in [4.78, 5) is 26.3. The van der Waals surface area contributed by atoms with Gasteiger partial charge in [-0.1, -0.05) is 37.5 Å². The maximum atomic E-state index is 15.9. The van der Waals surface area contributed by atoms with E-state index in [0.717, 1.165) is 57.6 Å². The maximum absolute atomic E-state index is 15.9. The first-order chi connectivity index (χ1) is 21.7. The van der Waals surface area contributed by atoms with Crippen molar-refractivity contribution >= 4 is 21.7 Å². The summed E-state index contributed by atoms with van der Waals surface area (Å²) < 4.78 is 63.6. The van der Waals surface area contributed by atoms with E-state index in [1.165, 1.54) is 6.07 Å². The predicted molar refractivity (Wildman–Crippen MR) is 173 cm³/mol. The molecule has 10 heteroatoms. The van der Waals surface area contributed by atoms with E-state index in [9.17, 15) is 18.0 Å². The predicted octanol–water partition coefficient (Wildman–Crippen LogP) is 6.63. The molecule has 2 aromatic carbocycles. The van der Waals surface area contributed by atoms with Crippen LogP contribution in [-0.2, 0) is 25.0 Å². The van der Waals surface area contributed by atoms with Gasteiger partial charge in [-0.2, -0.15) is 0 Å². The normalized spacial score (nSPS) is 26.3. The molecule has 0 aromatic heterocycles. The number of sulfonamides is 1. The van der Waals surface area contributed by atoms with E-state index in [0.29, 0.717) is 40.8 Å². The molecule has 0 bridgehead atoms.